The number of carbonyl (C=O) groups excluding carboxylic acids is 1. The van der Waals surface area contributed by atoms with Crippen LogP contribution >= 0.6 is 23.4 Å². The highest BCUT2D eigenvalue weighted by molar-refractivity contribution is 7.99. The van der Waals surface area contributed by atoms with Gasteiger partial charge in [-0.15, -0.1) is 0 Å². The molecule has 0 spiro atoms. The van der Waals surface area contributed by atoms with E-state index in [1.54, 1.807) is 11.8 Å². The number of anilines is 2. The van der Waals surface area contributed by atoms with E-state index >= 15 is 0 Å². The molecule has 34 heavy (non-hydrogen) atoms. The van der Waals surface area contributed by atoms with E-state index in [4.69, 9.17) is 16.7 Å². The molecule has 0 saturated carbocycles. The molecule has 0 aromatic heterocycles. The van der Waals surface area contributed by atoms with Gasteiger partial charge in [0.15, 0.2) is 0 Å². The first-order valence-electron chi connectivity index (χ1n) is 12.0. The number of nitrogens with zero attached hydrogens (tertiary/aromatic N) is 3. The predicted molar refractivity (Wildman–Crippen MR) is 138 cm³/mol. The summed E-state index contributed by atoms with van der Waals surface area (Å²) < 4.78 is 0. The Morgan fingerprint density at radius 2 is 1.50 bits per heavy atom. The summed E-state index contributed by atoms with van der Waals surface area (Å²) in [6, 6.07) is 14.7. The van der Waals surface area contributed by atoms with Gasteiger partial charge in [0.1, 0.15) is 5.78 Å². The van der Waals surface area contributed by atoms with Crippen molar-refractivity contribution in [3.8, 4) is 0 Å². The minimum Gasteiger partial charge on any atom is -0.481 e. The zero-order valence-electron chi connectivity index (χ0n) is 19.4. The fourth-order valence-electron chi connectivity index (χ4n) is 4.60. The van der Waals surface area contributed by atoms with Gasteiger partial charge in [0.05, 0.1) is 17.8 Å². The van der Waals surface area contributed by atoms with Crippen molar-refractivity contribution in [1.82, 2.24) is 9.80 Å². The van der Waals surface area contributed by atoms with Crippen LogP contribution in [-0.4, -0.2) is 72.5 Å². The number of para-hydroxylation sites is 1. The molecule has 2 aromatic carbocycles. The molecule has 2 aromatic rings. The molecule has 0 unspecified atom stereocenters. The van der Waals surface area contributed by atoms with Crippen molar-refractivity contribution in [3.63, 3.8) is 0 Å². The smallest absolute Gasteiger partial charge is 0.303 e. The van der Waals surface area contributed by atoms with E-state index in [2.05, 4.69) is 51.1 Å². The first-order valence-corrected chi connectivity index (χ1v) is 13.2. The molecule has 2 aliphatic heterocycles. The van der Waals surface area contributed by atoms with Crippen LogP contribution in [0.1, 0.15) is 32.1 Å². The summed E-state index contributed by atoms with van der Waals surface area (Å²) in [6.07, 6.45) is 2.46. The number of carboxylic acids is 1. The largest absolute Gasteiger partial charge is 0.481 e. The van der Waals surface area contributed by atoms with E-state index in [1.807, 2.05) is 6.07 Å². The average molecular weight is 502 g/mol. The van der Waals surface area contributed by atoms with E-state index < -0.39 is 5.97 Å². The summed E-state index contributed by atoms with van der Waals surface area (Å²) in [5.74, 6) is -0.845. The van der Waals surface area contributed by atoms with Crippen molar-refractivity contribution in [2.45, 2.75) is 41.9 Å². The second kappa shape index (κ2) is 12.1. The highest BCUT2D eigenvalue weighted by Crippen LogP contribution is 2.48. The molecule has 0 aliphatic carbocycles. The van der Waals surface area contributed by atoms with Crippen LogP contribution in [0.15, 0.2) is 52.3 Å². The number of piperazine rings is 1. The van der Waals surface area contributed by atoms with E-state index in [0.29, 0.717) is 6.42 Å². The molecule has 1 fully saturated rings. The summed E-state index contributed by atoms with van der Waals surface area (Å²) in [5, 5.41) is 9.44. The van der Waals surface area contributed by atoms with Gasteiger partial charge < -0.3 is 19.8 Å². The molecule has 1 N–H and O–H groups in total. The van der Waals surface area contributed by atoms with E-state index in [1.165, 1.54) is 21.2 Å². The minimum atomic E-state index is -0.902. The summed E-state index contributed by atoms with van der Waals surface area (Å²) >= 11 is 8.13. The molecule has 1 saturated heterocycles. The molecule has 0 atom stereocenters. The molecule has 182 valence electrons. The van der Waals surface area contributed by atoms with Crippen molar-refractivity contribution < 1.29 is 14.7 Å². The first kappa shape index (κ1) is 25.0. The lowest BCUT2D eigenvalue weighted by molar-refractivity contribution is -0.138. The maximum absolute atomic E-state index is 11.8. The molecule has 2 aliphatic rings. The Kier molecular flexibility index (Phi) is 8.89. The first-order chi connectivity index (χ1) is 16.5. The van der Waals surface area contributed by atoms with Crippen LogP contribution in [0.25, 0.3) is 0 Å². The number of ketones is 1. The van der Waals surface area contributed by atoms with Crippen LogP contribution in [0.4, 0.5) is 11.4 Å². The number of halogens is 1. The van der Waals surface area contributed by atoms with Crippen molar-refractivity contribution in [3.05, 3.63) is 47.5 Å². The van der Waals surface area contributed by atoms with Gasteiger partial charge in [-0.05, 0) is 56.3 Å². The Hall–Kier alpha value is -2.06. The number of Topliss-reactive ketones (excluding diaryl/α,β-unsaturated/α-hetero) is 1. The number of carbonyl (C=O) groups is 2. The molecule has 2 heterocycles. The Morgan fingerprint density at radius 3 is 2.24 bits per heavy atom. The van der Waals surface area contributed by atoms with Gasteiger partial charge in [-0.2, -0.15) is 0 Å². The fraction of sp³-hybridized carbons (Fsp3) is 0.462. The van der Waals surface area contributed by atoms with Gasteiger partial charge >= 0.3 is 5.97 Å². The third-order valence-electron chi connectivity index (χ3n) is 6.46. The van der Waals surface area contributed by atoms with E-state index in [9.17, 15) is 9.59 Å². The third-order valence-corrected chi connectivity index (χ3v) is 7.82. The quantitative estimate of drug-likeness (QED) is 0.456. The fourth-order valence-corrected chi connectivity index (χ4v) is 5.85. The Bertz CT molecular complexity index is 1010. The van der Waals surface area contributed by atoms with Crippen LogP contribution in [0, 0.1) is 0 Å². The monoisotopic (exact) mass is 501 g/mol. The summed E-state index contributed by atoms with van der Waals surface area (Å²) in [5.41, 5.74) is 2.45. The zero-order chi connectivity index (χ0) is 23.9. The summed E-state index contributed by atoms with van der Waals surface area (Å²) in [6.45, 7) is 7.04. The van der Waals surface area contributed by atoms with E-state index in [-0.39, 0.29) is 18.6 Å². The third kappa shape index (κ3) is 6.75. The highest BCUT2D eigenvalue weighted by atomic mass is 35.5. The normalized spacial score (nSPS) is 16.2. The van der Waals surface area contributed by atoms with Crippen molar-refractivity contribution in [2.75, 3.05) is 50.7 Å². The highest BCUT2D eigenvalue weighted by Gasteiger charge is 2.24. The van der Waals surface area contributed by atoms with Crippen molar-refractivity contribution in [2.24, 2.45) is 0 Å². The van der Waals surface area contributed by atoms with Gasteiger partial charge in [-0.1, -0.05) is 35.5 Å². The van der Waals surface area contributed by atoms with Crippen LogP contribution in [0.5, 0.6) is 0 Å². The molecular weight excluding hydrogens is 470 g/mol. The lowest BCUT2D eigenvalue weighted by atomic mass is 10.1. The molecule has 0 radical (unpaired) electrons. The van der Waals surface area contributed by atoms with Crippen molar-refractivity contribution in [1.29, 1.82) is 0 Å². The Balaban J connectivity index is 1.21. The second-order valence-electron chi connectivity index (χ2n) is 8.91. The molecule has 0 bridgehead atoms. The average Bonchev–Trinajstić information content (AvgIpc) is 2.83. The summed E-state index contributed by atoms with van der Waals surface area (Å²) in [4.78, 5) is 32.2. The van der Waals surface area contributed by atoms with Crippen LogP contribution < -0.4 is 4.90 Å². The number of aliphatic carboxylic acids is 1. The number of hydrogen-bond acceptors (Lipinski definition) is 6. The topological polar surface area (TPSA) is 64.1 Å². The number of rotatable bonds is 11. The molecular formula is C26H32ClN3O3S. The molecule has 0 amide bonds. The van der Waals surface area contributed by atoms with Crippen LogP contribution in [0.3, 0.4) is 0 Å². The summed E-state index contributed by atoms with van der Waals surface area (Å²) in [7, 11) is 0. The van der Waals surface area contributed by atoms with Crippen LogP contribution in [0.2, 0.25) is 5.02 Å². The SMILES string of the molecule is O=C(O)CCC(=O)CCCN1CCN(CCCN2c3ccccc3Sc3ccc(Cl)cc32)CC1. The second-order valence-corrected chi connectivity index (χ2v) is 10.4. The van der Waals surface area contributed by atoms with Gasteiger partial charge in [-0.3, -0.25) is 9.59 Å². The van der Waals surface area contributed by atoms with Crippen LogP contribution in [-0.2, 0) is 9.59 Å². The maximum Gasteiger partial charge on any atom is 0.303 e. The molecule has 4 rings (SSSR count). The Labute approximate surface area is 210 Å². The number of benzene rings is 2. The number of hydrogen-bond donors (Lipinski definition) is 1. The lowest BCUT2D eigenvalue weighted by Gasteiger charge is -2.36. The zero-order valence-corrected chi connectivity index (χ0v) is 21.0. The van der Waals surface area contributed by atoms with Gasteiger partial charge in [0.2, 0.25) is 0 Å². The molecule has 8 heteroatoms. The van der Waals surface area contributed by atoms with Gasteiger partial charge in [0, 0.05) is 60.4 Å². The minimum absolute atomic E-state index is 0.0570. The van der Waals surface area contributed by atoms with Crippen molar-refractivity contribution >= 4 is 46.5 Å². The van der Waals surface area contributed by atoms with Gasteiger partial charge in [-0.25, -0.2) is 0 Å². The van der Waals surface area contributed by atoms with E-state index in [0.717, 1.165) is 63.7 Å². The molecule has 6 nitrogen and oxygen atoms in total. The lowest BCUT2D eigenvalue weighted by Crippen LogP contribution is -2.47. The predicted octanol–water partition coefficient (Wildman–Crippen LogP) is 5.16. The standard InChI is InChI=1S/C26H32ClN3O3S/c27-20-8-10-25-23(19-20)30(22-6-1-2-7-24(22)34-25)14-4-13-29-17-15-28(16-18-29)12-3-5-21(31)9-11-26(32)33/h1-2,6-8,10,19H,3-5,9,11-18H2,(H,32,33). The Morgan fingerprint density at radius 1 is 0.824 bits per heavy atom. The number of carboxylic acid groups (broad SMARTS) is 1. The van der Waals surface area contributed by atoms with Gasteiger partial charge in [0.25, 0.3) is 0 Å². The number of fused-ring (bicyclic) bond motifs is 2. The maximum atomic E-state index is 11.8.